The maximum atomic E-state index is 6.14. The molecule has 0 aliphatic heterocycles. The van der Waals surface area contributed by atoms with Crippen LogP contribution in [0.4, 0.5) is 0 Å². The summed E-state index contributed by atoms with van der Waals surface area (Å²) in [5.41, 5.74) is 10.4. The van der Waals surface area contributed by atoms with Gasteiger partial charge < -0.3 is 8.83 Å². The highest BCUT2D eigenvalue weighted by atomic mass is 79.9. The van der Waals surface area contributed by atoms with Crippen LogP contribution in [0, 0.1) is 0 Å². The molecule has 4 aromatic heterocycles. The van der Waals surface area contributed by atoms with E-state index >= 15 is 0 Å². The zero-order valence-electron chi connectivity index (χ0n) is 27.1. The first kappa shape index (κ1) is 30.6. The summed E-state index contributed by atoms with van der Waals surface area (Å²) in [6.07, 6.45) is 0. The first-order valence-corrected chi connectivity index (χ1v) is 17.3. The average molecular weight is 724 g/mol. The summed E-state index contributed by atoms with van der Waals surface area (Å²) in [7, 11) is 0. The Balaban J connectivity index is 0.000000137. The van der Waals surface area contributed by atoms with Crippen molar-refractivity contribution in [1.82, 2.24) is 19.9 Å². The monoisotopic (exact) mass is 722 g/mol. The zero-order valence-corrected chi connectivity index (χ0v) is 28.7. The molecule has 0 unspecified atom stereocenters. The van der Waals surface area contributed by atoms with E-state index < -0.39 is 0 Å². The lowest BCUT2D eigenvalue weighted by atomic mass is 10.1. The Kier molecular flexibility index (Phi) is 7.87. The van der Waals surface area contributed by atoms with E-state index in [4.69, 9.17) is 28.8 Å². The quantitative estimate of drug-likeness (QED) is 0.180. The molecule has 0 aliphatic carbocycles. The predicted octanol–water partition coefficient (Wildman–Crippen LogP) is 12.2. The van der Waals surface area contributed by atoms with Gasteiger partial charge >= 0.3 is 0 Å². The topological polar surface area (TPSA) is 77.8 Å². The average Bonchev–Trinajstić information content (AvgIpc) is 3.77. The highest BCUT2D eigenvalue weighted by molar-refractivity contribution is 9.10. The molecule has 0 bridgehead atoms. The van der Waals surface area contributed by atoms with Gasteiger partial charge in [0.2, 0.25) is 0 Å². The molecule has 0 atom stereocenters. The molecule has 0 saturated heterocycles. The number of nitrogens with zero attached hydrogens (tertiary/aromatic N) is 4. The molecule has 6 nitrogen and oxygen atoms in total. The maximum Gasteiger partial charge on any atom is 0.180 e. The Morgan fingerprint density at radius 2 is 0.784 bits per heavy atom. The second kappa shape index (κ2) is 13.1. The Hall–Kier alpha value is -6.44. The molecule has 0 spiro atoms. The van der Waals surface area contributed by atoms with Crippen LogP contribution in [0.2, 0.25) is 0 Å². The summed E-state index contributed by atoms with van der Waals surface area (Å²) in [5.74, 6) is 1.40. The minimum absolute atomic E-state index is 0.694. The van der Waals surface area contributed by atoms with Crippen molar-refractivity contribution in [2.24, 2.45) is 0 Å². The molecule has 0 saturated carbocycles. The van der Waals surface area contributed by atoms with Crippen LogP contribution in [0.1, 0.15) is 0 Å². The SMILES string of the molecule is Brc1ccc2oc3c(-c4ccccc4)nc(-c4ccccc4)nc3c2c1.c1ccc(-c2nc(-c3ccccc3)c3oc4ccccc4c3n2)cc1. The molecule has 0 N–H and O–H groups in total. The number of hydrogen-bond donors (Lipinski definition) is 0. The standard InChI is InChI=1S/C22H13BrN2O.C22H14N2O/c23-16-11-12-18-17(13-16)20-21(26-18)19(14-7-3-1-4-8-14)24-22(25-20)15-9-5-2-6-10-15;1-3-9-15(10-4-1)19-21-20(17-13-7-8-14-18(17)25-21)24-22(23-19)16-11-5-2-6-12-16/h1-13H;1-14H. The predicted molar refractivity (Wildman–Crippen MR) is 208 cm³/mol. The molecule has 0 amide bonds. The van der Waals surface area contributed by atoms with Gasteiger partial charge in [0, 0.05) is 37.5 Å². The lowest BCUT2D eigenvalue weighted by Crippen LogP contribution is -1.93. The van der Waals surface area contributed by atoms with Gasteiger partial charge in [-0.3, -0.25) is 0 Å². The third-order valence-electron chi connectivity index (χ3n) is 8.65. The van der Waals surface area contributed by atoms with Gasteiger partial charge in [0.25, 0.3) is 0 Å². The molecule has 51 heavy (non-hydrogen) atoms. The summed E-state index contributed by atoms with van der Waals surface area (Å²) < 4.78 is 13.2. The minimum Gasteiger partial charge on any atom is -0.452 e. The fourth-order valence-electron chi connectivity index (χ4n) is 6.22. The molecular weight excluding hydrogens is 696 g/mol. The number of para-hydroxylation sites is 1. The normalized spacial score (nSPS) is 11.2. The number of halogens is 1. The van der Waals surface area contributed by atoms with Gasteiger partial charge in [0.1, 0.15) is 33.6 Å². The van der Waals surface area contributed by atoms with E-state index in [1.807, 2.05) is 164 Å². The maximum absolute atomic E-state index is 6.14. The fourth-order valence-corrected chi connectivity index (χ4v) is 6.58. The van der Waals surface area contributed by atoms with E-state index in [0.717, 1.165) is 76.7 Å². The van der Waals surface area contributed by atoms with Crippen LogP contribution in [-0.2, 0) is 0 Å². The Morgan fingerprint density at radius 1 is 0.373 bits per heavy atom. The van der Waals surface area contributed by atoms with E-state index in [0.29, 0.717) is 17.2 Å². The second-order valence-electron chi connectivity index (χ2n) is 12.0. The van der Waals surface area contributed by atoms with Gasteiger partial charge in [-0.1, -0.05) is 149 Å². The van der Waals surface area contributed by atoms with Crippen LogP contribution in [0.3, 0.4) is 0 Å². The van der Waals surface area contributed by atoms with Gasteiger partial charge in [0.15, 0.2) is 22.8 Å². The number of rotatable bonds is 4. The smallest absolute Gasteiger partial charge is 0.180 e. The van der Waals surface area contributed by atoms with Gasteiger partial charge in [-0.2, -0.15) is 0 Å². The van der Waals surface area contributed by atoms with Gasteiger partial charge in [-0.05, 0) is 30.3 Å². The van der Waals surface area contributed by atoms with Gasteiger partial charge in [-0.25, -0.2) is 19.9 Å². The van der Waals surface area contributed by atoms with Crippen LogP contribution in [0.15, 0.2) is 177 Å². The summed E-state index contributed by atoms with van der Waals surface area (Å²) >= 11 is 3.54. The van der Waals surface area contributed by atoms with Gasteiger partial charge in [0.05, 0.1) is 0 Å². The minimum atomic E-state index is 0.694. The summed E-state index contributed by atoms with van der Waals surface area (Å²) in [5, 5.41) is 1.99. The molecule has 10 aromatic rings. The van der Waals surface area contributed by atoms with E-state index in [1.54, 1.807) is 0 Å². The van der Waals surface area contributed by atoms with Gasteiger partial charge in [-0.15, -0.1) is 0 Å². The summed E-state index contributed by atoms with van der Waals surface area (Å²) in [6.45, 7) is 0. The molecule has 0 aliphatic rings. The van der Waals surface area contributed by atoms with Crippen molar-refractivity contribution in [2.75, 3.05) is 0 Å². The third-order valence-corrected chi connectivity index (χ3v) is 9.15. The van der Waals surface area contributed by atoms with Crippen molar-refractivity contribution in [2.45, 2.75) is 0 Å². The van der Waals surface area contributed by atoms with Crippen molar-refractivity contribution in [3.63, 3.8) is 0 Å². The Bertz CT molecular complexity index is 2800. The number of aromatic nitrogens is 4. The molecule has 0 fully saturated rings. The lowest BCUT2D eigenvalue weighted by molar-refractivity contribution is 0.667. The molecule has 6 aromatic carbocycles. The largest absolute Gasteiger partial charge is 0.452 e. The van der Waals surface area contributed by atoms with Crippen molar-refractivity contribution in [3.05, 3.63) is 168 Å². The zero-order chi connectivity index (χ0) is 34.1. The van der Waals surface area contributed by atoms with Crippen molar-refractivity contribution >= 4 is 60.1 Å². The second-order valence-corrected chi connectivity index (χ2v) is 12.9. The number of benzene rings is 6. The number of fused-ring (bicyclic) bond motifs is 6. The molecule has 242 valence electrons. The third kappa shape index (κ3) is 5.83. The van der Waals surface area contributed by atoms with Crippen LogP contribution in [0.25, 0.3) is 89.4 Å². The highest BCUT2D eigenvalue weighted by Crippen LogP contribution is 2.37. The fraction of sp³-hybridized carbons (Fsp3) is 0. The summed E-state index contributed by atoms with van der Waals surface area (Å²) in [6, 6.07) is 54.2. The van der Waals surface area contributed by atoms with Crippen molar-refractivity contribution in [3.8, 4) is 45.3 Å². The summed E-state index contributed by atoms with van der Waals surface area (Å²) in [4.78, 5) is 19.3. The molecular formula is C44H27BrN4O2. The van der Waals surface area contributed by atoms with E-state index in [2.05, 4.69) is 15.9 Å². The van der Waals surface area contributed by atoms with E-state index in [1.165, 1.54) is 0 Å². The van der Waals surface area contributed by atoms with E-state index in [9.17, 15) is 0 Å². The van der Waals surface area contributed by atoms with Crippen LogP contribution in [-0.4, -0.2) is 19.9 Å². The Labute approximate surface area is 301 Å². The first-order chi connectivity index (χ1) is 25.2. The van der Waals surface area contributed by atoms with Crippen molar-refractivity contribution < 1.29 is 8.83 Å². The van der Waals surface area contributed by atoms with Crippen LogP contribution < -0.4 is 0 Å². The molecule has 0 radical (unpaired) electrons. The molecule has 4 heterocycles. The Morgan fingerprint density at radius 3 is 1.29 bits per heavy atom. The number of furan rings is 2. The number of hydrogen-bond acceptors (Lipinski definition) is 6. The van der Waals surface area contributed by atoms with Crippen LogP contribution in [0.5, 0.6) is 0 Å². The molecule has 10 rings (SSSR count). The lowest BCUT2D eigenvalue weighted by Gasteiger charge is -2.06. The van der Waals surface area contributed by atoms with Crippen LogP contribution >= 0.6 is 15.9 Å². The highest BCUT2D eigenvalue weighted by Gasteiger charge is 2.19. The molecule has 7 heteroatoms. The van der Waals surface area contributed by atoms with Crippen molar-refractivity contribution in [1.29, 1.82) is 0 Å². The van der Waals surface area contributed by atoms with E-state index in [-0.39, 0.29) is 0 Å². The first-order valence-electron chi connectivity index (χ1n) is 16.5.